The van der Waals surface area contributed by atoms with Crippen molar-refractivity contribution in [2.24, 2.45) is 11.7 Å². The number of hydrogen-bond acceptors (Lipinski definition) is 2. The molecule has 3 nitrogen and oxygen atoms in total. The first-order valence-corrected chi connectivity index (χ1v) is 4.34. The van der Waals surface area contributed by atoms with Gasteiger partial charge in [0.05, 0.1) is 0 Å². The van der Waals surface area contributed by atoms with Crippen LogP contribution in [0.1, 0.15) is 12.8 Å². The lowest BCUT2D eigenvalue weighted by Crippen LogP contribution is -2.29. The number of amides is 1. The van der Waals surface area contributed by atoms with Crippen molar-refractivity contribution in [2.45, 2.75) is 12.8 Å². The van der Waals surface area contributed by atoms with Crippen LogP contribution in [0, 0.1) is 5.92 Å². The molecule has 1 rings (SSSR count). The van der Waals surface area contributed by atoms with E-state index in [1.165, 1.54) is 6.08 Å². The van der Waals surface area contributed by atoms with Crippen molar-refractivity contribution in [1.82, 2.24) is 4.90 Å². The predicted molar refractivity (Wildman–Crippen MR) is 48.6 cm³/mol. The van der Waals surface area contributed by atoms with Gasteiger partial charge in [0.25, 0.3) is 0 Å². The molecule has 0 saturated carbocycles. The maximum atomic E-state index is 10.4. The molecular formula is C9H16N2O. The second kappa shape index (κ2) is 4.26. The van der Waals surface area contributed by atoms with Crippen LogP contribution in [-0.2, 0) is 4.79 Å². The van der Waals surface area contributed by atoms with Crippen LogP contribution < -0.4 is 5.73 Å². The molecule has 1 amide bonds. The quantitative estimate of drug-likeness (QED) is 0.605. The van der Waals surface area contributed by atoms with Gasteiger partial charge in [-0.3, -0.25) is 4.79 Å². The molecule has 68 valence electrons. The standard InChI is InChI=1S/C9H16N2O/c1-11-6-4-8(5-7-11)2-3-9(10)12/h2-3,8H,4-7H2,1H3,(H2,10,12). The fraction of sp³-hybridized carbons (Fsp3) is 0.667. The van der Waals surface area contributed by atoms with Crippen molar-refractivity contribution in [3.63, 3.8) is 0 Å². The van der Waals surface area contributed by atoms with Gasteiger partial charge in [-0.15, -0.1) is 0 Å². The predicted octanol–water partition coefficient (Wildman–Crippen LogP) is 0.370. The summed E-state index contributed by atoms with van der Waals surface area (Å²) in [5, 5.41) is 0. The van der Waals surface area contributed by atoms with Crippen LogP contribution in [0.25, 0.3) is 0 Å². The summed E-state index contributed by atoms with van der Waals surface area (Å²) in [6, 6.07) is 0. The van der Waals surface area contributed by atoms with Crippen LogP contribution in [0.2, 0.25) is 0 Å². The summed E-state index contributed by atoms with van der Waals surface area (Å²) >= 11 is 0. The van der Waals surface area contributed by atoms with Crippen LogP contribution >= 0.6 is 0 Å². The van der Waals surface area contributed by atoms with E-state index in [2.05, 4.69) is 11.9 Å². The molecule has 3 heteroatoms. The van der Waals surface area contributed by atoms with Crippen LogP contribution in [0.5, 0.6) is 0 Å². The number of allylic oxidation sites excluding steroid dienone is 1. The summed E-state index contributed by atoms with van der Waals surface area (Å²) in [5.74, 6) is 0.211. The third kappa shape index (κ3) is 3.05. The molecular weight excluding hydrogens is 152 g/mol. The lowest BCUT2D eigenvalue weighted by atomic mass is 9.97. The molecule has 0 aromatic carbocycles. The van der Waals surface area contributed by atoms with E-state index in [-0.39, 0.29) is 5.91 Å². The largest absolute Gasteiger partial charge is 0.366 e. The summed E-state index contributed by atoms with van der Waals surface area (Å²) in [7, 11) is 2.12. The SMILES string of the molecule is CN1CCC(C=CC(N)=O)CC1. The second-order valence-electron chi connectivity index (χ2n) is 3.40. The van der Waals surface area contributed by atoms with Gasteiger partial charge < -0.3 is 10.6 Å². The molecule has 2 N–H and O–H groups in total. The molecule has 0 aromatic rings. The second-order valence-corrected chi connectivity index (χ2v) is 3.40. The summed E-state index contributed by atoms with van der Waals surface area (Å²) < 4.78 is 0. The topological polar surface area (TPSA) is 46.3 Å². The number of nitrogens with zero attached hydrogens (tertiary/aromatic N) is 1. The zero-order valence-electron chi connectivity index (χ0n) is 7.49. The maximum Gasteiger partial charge on any atom is 0.241 e. The normalized spacial score (nSPS) is 21.8. The minimum Gasteiger partial charge on any atom is -0.366 e. The van der Waals surface area contributed by atoms with Crippen molar-refractivity contribution < 1.29 is 4.79 Å². The average Bonchev–Trinajstić information content (AvgIpc) is 2.03. The van der Waals surface area contributed by atoms with Gasteiger partial charge in [-0.05, 0) is 45.0 Å². The zero-order valence-corrected chi connectivity index (χ0v) is 7.49. The summed E-state index contributed by atoms with van der Waals surface area (Å²) in [4.78, 5) is 12.7. The van der Waals surface area contributed by atoms with E-state index >= 15 is 0 Å². The van der Waals surface area contributed by atoms with Crippen LogP contribution in [0.4, 0.5) is 0 Å². The van der Waals surface area contributed by atoms with Gasteiger partial charge in [-0.1, -0.05) is 6.08 Å². The Hall–Kier alpha value is -0.830. The highest BCUT2D eigenvalue weighted by Gasteiger charge is 2.13. The zero-order chi connectivity index (χ0) is 8.97. The van der Waals surface area contributed by atoms with Gasteiger partial charge in [0.1, 0.15) is 0 Å². The number of rotatable bonds is 2. The maximum absolute atomic E-state index is 10.4. The Balaban J connectivity index is 2.30. The molecule has 1 aliphatic rings. The smallest absolute Gasteiger partial charge is 0.241 e. The van der Waals surface area contributed by atoms with E-state index < -0.39 is 0 Å². The fourth-order valence-electron chi connectivity index (χ4n) is 1.45. The third-order valence-electron chi connectivity index (χ3n) is 2.30. The Morgan fingerprint density at radius 1 is 1.50 bits per heavy atom. The van der Waals surface area contributed by atoms with E-state index in [1.807, 2.05) is 6.08 Å². The highest BCUT2D eigenvalue weighted by Crippen LogP contribution is 2.16. The lowest BCUT2D eigenvalue weighted by Gasteiger charge is -2.26. The van der Waals surface area contributed by atoms with E-state index in [4.69, 9.17) is 5.73 Å². The van der Waals surface area contributed by atoms with Gasteiger partial charge in [0, 0.05) is 0 Å². The first kappa shape index (κ1) is 9.26. The van der Waals surface area contributed by atoms with Crippen molar-refractivity contribution >= 4 is 5.91 Å². The molecule has 0 spiro atoms. The van der Waals surface area contributed by atoms with Crippen molar-refractivity contribution in [3.05, 3.63) is 12.2 Å². The van der Waals surface area contributed by atoms with E-state index in [0.29, 0.717) is 5.92 Å². The Morgan fingerprint density at radius 3 is 2.58 bits per heavy atom. The molecule has 0 unspecified atom stereocenters. The van der Waals surface area contributed by atoms with Crippen LogP contribution in [0.3, 0.4) is 0 Å². The molecule has 12 heavy (non-hydrogen) atoms. The van der Waals surface area contributed by atoms with Crippen molar-refractivity contribution in [2.75, 3.05) is 20.1 Å². The number of carbonyl (C=O) groups excluding carboxylic acids is 1. The van der Waals surface area contributed by atoms with Crippen LogP contribution in [0.15, 0.2) is 12.2 Å². The van der Waals surface area contributed by atoms with Crippen molar-refractivity contribution in [1.29, 1.82) is 0 Å². The molecule has 0 aliphatic carbocycles. The highest BCUT2D eigenvalue weighted by atomic mass is 16.1. The minimum absolute atomic E-state index is 0.339. The number of hydrogen-bond donors (Lipinski definition) is 1. The Kier molecular flexibility index (Phi) is 3.29. The summed E-state index contributed by atoms with van der Waals surface area (Å²) in [6.45, 7) is 2.24. The first-order chi connectivity index (χ1) is 5.68. The minimum atomic E-state index is -0.339. The third-order valence-corrected chi connectivity index (χ3v) is 2.30. The Labute approximate surface area is 73.2 Å². The molecule has 1 aliphatic heterocycles. The van der Waals surface area contributed by atoms with Gasteiger partial charge in [-0.25, -0.2) is 0 Å². The summed E-state index contributed by atoms with van der Waals surface area (Å²) in [6.07, 6.45) is 5.70. The first-order valence-electron chi connectivity index (χ1n) is 4.34. The monoisotopic (exact) mass is 168 g/mol. The van der Waals surface area contributed by atoms with Gasteiger partial charge in [0.15, 0.2) is 0 Å². The van der Waals surface area contributed by atoms with Gasteiger partial charge in [0.2, 0.25) is 5.91 Å². The molecule has 1 fully saturated rings. The molecule has 1 heterocycles. The highest BCUT2D eigenvalue weighted by molar-refractivity contribution is 5.85. The Bertz CT molecular complexity index is 181. The molecule has 0 atom stereocenters. The van der Waals surface area contributed by atoms with E-state index in [9.17, 15) is 4.79 Å². The van der Waals surface area contributed by atoms with E-state index in [1.54, 1.807) is 0 Å². The van der Waals surface area contributed by atoms with Crippen LogP contribution in [-0.4, -0.2) is 30.9 Å². The molecule has 0 radical (unpaired) electrons. The molecule has 0 bridgehead atoms. The number of likely N-dealkylation sites (tertiary alicyclic amines) is 1. The lowest BCUT2D eigenvalue weighted by molar-refractivity contribution is -0.113. The van der Waals surface area contributed by atoms with Gasteiger partial charge >= 0.3 is 0 Å². The number of carbonyl (C=O) groups is 1. The molecule has 0 aromatic heterocycles. The number of piperidine rings is 1. The Morgan fingerprint density at radius 2 is 2.08 bits per heavy atom. The number of primary amides is 1. The molecule has 1 saturated heterocycles. The summed E-state index contributed by atoms with van der Waals surface area (Å²) in [5.41, 5.74) is 5.00. The fourth-order valence-corrected chi connectivity index (χ4v) is 1.45. The van der Waals surface area contributed by atoms with E-state index in [0.717, 1.165) is 25.9 Å². The number of nitrogens with two attached hydrogens (primary N) is 1. The van der Waals surface area contributed by atoms with Crippen molar-refractivity contribution in [3.8, 4) is 0 Å². The average molecular weight is 168 g/mol. The van der Waals surface area contributed by atoms with Gasteiger partial charge in [-0.2, -0.15) is 0 Å².